The number of aromatic nitrogens is 5. The third-order valence-electron chi connectivity index (χ3n) is 4.28. The monoisotopic (exact) mass is 394 g/mol. The smallest absolute Gasteiger partial charge is 0.269 e. The number of fused-ring (bicyclic) bond motifs is 1. The van der Waals surface area contributed by atoms with E-state index in [0.717, 1.165) is 0 Å². The lowest BCUT2D eigenvalue weighted by Crippen LogP contribution is -2.13. The molecule has 0 unspecified atom stereocenters. The standard InChI is InChI=1S/C17H14N8O4/c1-2-24-14-11(20-16(24)13-15(18)23-29-22-13)7-19-8-12(14)21-17(26)9-3-5-10(6-4-9)25(27)28/h3-8H,2H2,1H3,(H2,18,23)(H,21,26). The number of carbonyl (C=O) groups is 1. The number of anilines is 2. The van der Waals surface area contributed by atoms with Crippen LogP contribution < -0.4 is 11.1 Å². The molecule has 4 aromatic rings. The van der Waals surface area contributed by atoms with Crippen LogP contribution in [0.25, 0.3) is 22.6 Å². The lowest BCUT2D eigenvalue weighted by Gasteiger charge is -2.09. The van der Waals surface area contributed by atoms with Crippen LogP contribution in [0.15, 0.2) is 41.3 Å². The molecule has 3 aromatic heterocycles. The molecule has 0 spiro atoms. The SMILES string of the molecule is CCn1c(-c2nonc2N)nc2cncc(NC(=O)c3ccc([N+](=O)[O-])cc3)c21. The van der Waals surface area contributed by atoms with E-state index in [9.17, 15) is 14.9 Å². The van der Waals surface area contributed by atoms with E-state index in [1.54, 1.807) is 10.8 Å². The maximum Gasteiger partial charge on any atom is 0.269 e. The molecular formula is C17H14N8O4. The number of benzene rings is 1. The third-order valence-corrected chi connectivity index (χ3v) is 4.28. The highest BCUT2D eigenvalue weighted by Crippen LogP contribution is 2.30. The quantitative estimate of drug-likeness (QED) is 0.381. The fourth-order valence-electron chi connectivity index (χ4n) is 2.95. The molecule has 0 saturated carbocycles. The number of rotatable bonds is 5. The minimum Gasteiger partial charge on any atom is -0.379 e. The topological polar surface area (TPSA) is 168 Å². The first-order chi connectivity index (χ1) is 14.0. The highest BCUT2D eigenvalue weighted by molar-refractivity contribution is 6.08. The van der Waals surface area contributed by atoms with E-state index in [1.165, 1.54) is 30.5 Å². The molecule has 0 radical (unpaired) electrons. The van der Waals surface area contributed by atoms with Gasteiger partial charge in [0.05, 0.1) is 28.5 Å². The second kappa shape index (κ2) is 6.99. The number of carbonyl (C=O) groups excluding carboxylic acids is 1. The van der Waals surface area contributed by atoms with Gasteiger partial charge >= 0.3 is 0 Å². The van der Waals surface area contributed by atoms with Gasteiger partial charge in [-0.15, -0.1) is 0 Å². The third kappa shape index (κ3) is 3.12. The summed E-state index contributed by atoms with van der Waals surface area (Å²) in [6.07, 6.45) is 3.05. The summed E-state index contributed by atoms with van der Waals surface area (Å²) in [7, 11) is 0. The summed E-state index contributed by atoms with van der Waals surface area (Å²) in [5, 5.41) is 20.9. The van der Waals surface area contributed by atoms with Crippen molar-refractivity contribution in [2.45, 2.75) is 13.5 Å². The molecule has 29 heavy (non-hydrogen) atoms. The van der Waals surface area contributed by atoms with Crippen LogP contribution in [0.3, 0.4) is 0 Å². The summed E-state index contributed by atoms with van der Waals surface area (Å²) < 4.78 is 6.47. The Morgan fingerprint density at radius 3 is 2.66 bits per heavy atom. The molecule has 0 fully saturated rings. The molecule has 12 heteroatoms. The molecule has 0 aliphatic heterocycles. The molecule has 0 bridgehead atoms. The van der Waals surface area contributed by atoms with Gasteiger partial charge in [0, 0.05) is 24.2 Å². The van der Waals surface area contributed by atoms with Gasteiger partial charge in [-0.1, -0.05) is 0 Å². The Hall–Kier alpha value is -4.35. The number of hydrogen-bond donors (Lipinski definition) is 2. The van der Waals surface area contributed by atoms with Crippen molar-refractivity contribution < 1.29 is 14.3 Å². The number of non-ortho nitro benzene ring substituents is 1. The predicted octanol–water partition coefficient (Wildman–Crippen LogP) is 2.24. The second-order valence-corrected chi connectivity index (χ2v) is 5.99. The Labute approximate surface area is 162 Å². The fourth-order valence-corrected chi connectivity index (χ4v) is 2.95. The van der Waals surface area contributed by atoms with Crippen LogP contribution in [0.1, 0.15) is 17.3 Å². The molecule has 1 amide bonds. The molecule has 146 valence electrons. The number of amides is 1. The summed E-state index contributed by atoms with van der Waals surface area (Å²) >= 11 is 0. The zero-order chi connectivity index (χ0) is 20.5. The van der Waals surface area contributed by atoms with Gasteiger partial charge in [-0.25, -0.2) is 9.61 Å². The van der Waals surface area contributed by atoms with E-state index in [2.05, 4.69) is 30.2 Å². The normalized spacial score (nSPS) is 10.9. The number of nitrogens with one attached hydrogen (secondary N) is 1. The van der Waals surface area contributed by atoms with Crippen molar-refractivity contribution >= 4 is 34.1 Å². The number of nitrogen functional groups attached to an aromatic ring is 1. The number of pyridine rings is 1. The Morgan fingerprint density at radius 2 is 2.03 bits per heavy atom. The van der Waals surface area contributed by atoms with Gasteiger partial charge in [-0.3, -0.25) is 19.9 Å². The van der Waals surface area contributed by atoms with E-state index < -0.39 is 10.8 Å². The highest BCUT2D eigenvalue weighted by atomic mass is 16.6. The van der Waals surface area contributed by atoms with Crippen LogP contribution in [-0.4, -0.2) is 35.7 Å². The molecule has 4 rings (SSSR count). The molecule has 0 aliphatic rings. The molecule has 0 saturated heterocycles. The first-order valence-electron chi connectivity index (χ1n) is 8.48. The van der Waals surface area contributed by atoms with Crippen molar-refractivity contribution in [2.24, 2.45) is 0 Å². The Bertz CT molecular complexity index is 1230. The first-order valence-corrected chi connectivity index (χ1v) is 8.48. The Morgan fingerprint density at radius 1 is 1.28 bits per heavy atom. The summed E-state index contributed by atoms with van der Waals surface area (Å²) in [4.78, 5) is 31.5. The van der Waals surface area contributed by atoms with Gasteiger partial charge < -0.3 is 15.6 Å². The second-order valence-electron chi connectivity index (χ2n) is 5.99. The lowest BCUT2D eigenvalue weighted by molar-refractivity contribution is -0.384. The van der Waals surface area contributed by atoms with Crippen LogP contribution in [-0.2, 0) is 6.54 Å². The molecule has 0 aliphatic carbocycles. The number of nitro benzene ring substituents is 1. The Balaban J connectivity index is 1.74. The molecule has 1 aromatic carbocycles. The van der Waals surface area contributed by atoms with Crippen LogP contribution in [0, 0.1) is 10.1 Å². The number of hydrogen-bond acceptors (Lipinski definition) is 9. The first kappa shape index (κ1) is 18.0. The largest absolute Gasteiger partial charge is 0.379 e. The predicted molar refractivity (Wildman–Crippen MR) is 102 cm³/mol. The highest BCUT2D eigenvalue weighted by Gasteiger charge is 2.21. The molecular weight excluding hydrogens is 380 g/mol. The van der Waals surface area contributed by atoms with Gasteiger partial charge in [0.1, 0.15) is 5.52 Å². The van der Waals surface area contributed by atoms with Crippen LogP contribution in [0.5, 0.6) is 0 Å². The number of nitrogens with two attached hydrogens (primary N) is 1. The number of aryl methyl sites for hydroxylation is 1. The fraction of sp³-hybridized carbons (Fsp3) is 0.118. The number of nitrogens with zero attached hydrogens (tertiary/aromatic N) is 6. The van der Waals surface area contributed by atoms with Crippen LogP contribution >= 0.6 is 0 Å². The van der Waals surface area contributed by atoms with E-state index in [4.69, 9.17) is 5.73 Å². The van der Waals surface area contributed by atoms with Crippen molar-refractivity contribution in [2.75, 3.05) is 11.1 Å². The van der Waals surface area contributed by atoms with Gasteiger partial charge in [0.25, 0.3) is 11.6 Å². The van der Waals surface area contributed by atoms with Gasteiger partial charge in [-0.05, 0) is 29.4 Å². The Kier molecular flexibility index (Phi) is 4.35. The van der Waals surface area contributed by atoms with E-state index in [0.29, 0.717) is 29.1 Å². The zero-order valence-corrected chi connectivity index (χ0v) is 15.1. The van der Waals surface area contributed by atoms with E-state index >= 15 is 0 Å². The van der Waals surface area contributed by atoms with E-state index in [1.807, 2.05) is 6.92 Å². The summed E-state index contributed by atoms with van der Waals surface area (Å²) in [6, 6.07) is 5.29. The van der Waals surface area contributed by atoms with Crippen LogP contribution in [0.4, 0.5) is 17.2 Å². The molecule has 3 N–H and O–H groups in total. The lowest BCUT2D eigenvalue weighted by atomic mass is 10.2. The van der Waals surface area contributed by atoms with Crippen molar-refractivity contribution in [1.82, 2.24) is 24.8 Å². The minimum atomic E-state index is -0.530. The summed E-state index contributed by atoms with van der Waals surface area (Å²) in [5.74, 6) is 0.0849. The van der Waals surface area contributed by atoms with Crippen molar-refractivity contribution in [3.05, 3.63) is 52.3 Å². The van der Waals surface area contributed by atoms with Crippen LogP contribution in [0.2, 0.25) is 0 Å². The zero-order valence-electron chi connectivity index (χ0n) is 15.1. The average molecular weight is 394 g/mol. The van der Waals surface area contributed by atoms with Crippen molar-refractivity contribution in [3.8, 4) is 11.5 Å². The maximum absolute atomic E-state index is 12.6. The molecule has 0 atom stereocenters. The minimum absolute atomic E-state index is 0.0967. The molecule has 12 nitrogen and oxygen atoms in total. The van der Waals surface area contributed by atoms with Crippen molar-refractivity contribution in [3.63, 3.8) is 0 Å². The summed E-state index contributed by atoms with van der Waals surface area (Å²) in [5.41, 5.74) is 7.80. The number of imidazole rings is 1. The average Bonchev–Trinajstić information content (AvgIpc) is 3.31. The summed E-state index contributed by atoms with van der Waals surface area (Å²) in [6.45, 7) is 2.40. The van der Waals surface area contributed by atoms with Gasteiger partial charge in [0.2, 0.25) is 0 Å². The van der Waals surface area contributed by atoms with Gasteiger partial charge in [-0.2, -0.15) is 0 Å². The van der Waals surface area contributed by atoms with Crippen molar-refractivity contribution in [1.29, 1.82) is 0 Å². The molecule has 3 heterocycles. The number of nitro groups is 1. The maximum atomic E-state index is 12.6. The van der Waals surface area contributed by atoms with E-state index in [-0.39, 0.29) is 22.8 Å². The van der Waals surface area contributed by atoms with Gasteiger partial charge in [0.15, 0.2) is 17.3 Å².